The molecule has 0 fully saturated rings. The maximum absolute atomic E-state index is 5.17. The Morgan fingerprint density at radius 2 is 0.827 bits per heavy atom. The van der Waals surface area contributed by atoms with Crippen molar-refractivity contribution in [3.63, 3.8) is 0 Å². The molecule has 10 aromatic rings. The first-order valence-electron chi connectivity index (χ1n) is 17.6. The van der Waals surface area contributed by atoms with E-state index in [1.165, 1.54) is 32.3 Å². The van der Waals surface area contributed by atoms with Crippen LogP contribution >= 0.6 is 0 Å². The fraction of sp³-hybridized carbons (Fsp3) is 0. The Balaban J connectivity index is 1.14. The molecule has 0 spiro atoms. The minimum absolute atomic E-state index is 0.865. The van der Waals surface area contributed by atoms with Crippen molar-refractivity contribution in [3.05, 3.63) is 188 Å². The van der Waals surface area contributed by atoms with Crippen LogP contribution < -0.4 is 0 Å². The van der Waals surface area contributed by atoms with Crippen molar-refractivity contribution in [1.82, 2.24) is 15.0 Å². The second kappa shape index (κ2) is 12.4. The quantitative estimate of drug-likeness (QED) is 0.172. The number of fused-ring (bicyclic) bond motifs is 7. The van der Waals surface area contributed by atoms with Gasteiger partial charge in [-0.1, -0.05) is 140 Å². The van der Waals surface area contributed by atoms with Gasteiger partial charge in [0.05, 0.1) is 28.1 Å². The number of para-hydroxylation sites is 2. The second-order valence-electron chi connectivity index (χ2n) is 13.2. The molecule has 3 heteroatoms. The molecule has 2 heterocycles. The van der Waals surface area contributed by atoms with Gasteiger partial charge in [0.25, 0.3) is 0 Å². The van der Waals surface area contributed by atoms with Crippen LogP contribution in [0.25, 0.3) is 99.4 Å². The third-order valence-corrected chi connectivity index (χ3v) is 10.1. The zero-order valence-corrected chi connectivity index (χ0v) is 28.2. The van der Waals surface area contributed by atoms with Crippen molar-refractivity contribution in [2.24, 2.45) is 0 Å². The number of nitrogens with zero attached hydrogens (tertiary/aromatic N) is 3. The molecule has 0 aliphatic rings. The molecule has 0 amide bonds. The number of pyridine rings is 1. The lowest BCUT2D eigenvalue weighted by molar-refractivity contribution is 1.29. The predicted octanol–water partition coefficient (Wildman–Crippen LogP) is 12.8. The van der Waals surface area contributed by atoms with E-state index in [0.29, 0.717) is 0 Å². The van der Waals surface area contributed by atoms with Gasteiger partial charge in [0.1, 0.15) is 0 Å². The minimum Gasteiger partial charge on any atom is -0.256 e. The summed E-state index contributed by atoms with van der Waals surface area (Å²) in [6.07, 6.45) is 1.87. The second-order valence-corrected chi connectivity index (χ2v) is 13.2. The van der Waals surface area contributed by atoms with Gasteiger partial charge in [0, 0.05) is 22.9 Å². The van der Waals surface area contributed by atoms with Crippen LogP contribution in [0.3, 0.4) is 0 Å². The number of aromatic nitrogens is 3. The van der Waals surface area contributed by atoms with Gasteiger partial charge in [-0.25, -0.2) is 9.97 Å². The SMILES string of the molecule is c1ccc(-c2nc3ccccc3nc2-c2cccc(-c3ccc(-c4ccc5c6ccccc6c6ccccc6c5c4)c(-c4ccccn4)c3)c2)cc1. The van der Waals surface area contributed by atoms with Gasteiger partial charge < -0.3 is 0 Å². The first kappa shape index (κ1) is 29.9. The number of hydrogen-bond acceptors (Lipinski definition) is 3. The molecule has 0 unspecified atom stereocenters. The van der Waals surface area contributed by atoms with Gasteiger partial charge in [-0.2, -0.15) is 0 Å². The van der Waals surface area contributed by atoms with Crippen LogP contribution in [-0.4, -0.2) is 15.0 Å². The zero-order chi connectivity index (χ0) is 34.4. The van der Waals surface area contributed by atoms with Crippen LogP contribution in [0, 0.1) is 0 Å². The molecule has 2 aromatic heterocycles. The lowest BCUT2D eigenvalue weighted by Crippen LogP contribution is -1.96. The van der Waals surface area contributed by atoms with Gasteiger partial charge in [-0.15, -0.1) is 0 Å². The summed E-state index contributed by atoms with van der Waals surface area (Å²) in [4.78, 5) is 15.1. The van der Waals surface area contributed by atoms with Crippen molar-refractivity contribution in [2.75, 3.05) is 0 Å². The van der Waals surface area contributed by atoms with Crippen molar-refractivity contribution >= 4 is 43.4 Å². The fourth-order valence-electron chi connectivity index (χ4n) is 7.63. The van der Waals surface area contributed by atoms with Gasteiger partial charge in [0.2, 0.25) is 0 Å². The predicted molar refractivity (Wildman–Crippen MR) is 217 cm³/mol. The Morgan fingerprint density at radius 3 is 1.52 bits per heavy atom. The van der Waals surface area contributed by atoms with Gasteiger partial charge in [0.15, 0.2) is 0 Å². The maximum atomic E-state index is 5.17. The van der Waals surface area contributed by atoms with Gasteiger partial charge >= 0.3 is 0 Å². The summed E-state index contributed by atoms with van der Waals surface area (Å²) in [5, 5.41) is 7.60. The topological polar surface area (TPSA) is 38.7 Å². The first-order valence-corrected chi connectivity index (χ1v) is 17.6. The fourth-order valence-corrected chi connectivity index (χ4v) is 7.63. The molecule has 52 heavy (non-hydrogen) atoms. The highest BCUT2D eigenvalue weighted by Gasteiger charge is 2.17. The monoisotopic (exact) mass is 661 g/mol. The smallest absolute Gasteiger partial charge is 0.0973 e. The average molecular weight is 662 g/mol. The molecular weight excluding hydrogens is 631 g/mol. The molecule has 0 saturated heterocycles. The molecule has 242 valence electrons. The summed E-state index contributed by atoms with van der Waals surface area (Å²) < 4.78 is 0. The van der Waals surface area contributed by atoms with Crippen LogP contribution in [-0.2, 0) is 0 Å². The molecule has 8 aromatic carbocycles. The van der Waals surface area contributed by atoms with Crippen LogP contribution in [0.5, 0.6) is 0 Å². The van der Waals surface area contributed by atoms with Crippen molar-refractivity contribution in [2.45, 2.75) is 0 Å². The Bertz CT molecular complexity index is 2920. The zero-order valence-electron chi connectivity index (χ0n) is 28.2. The Kier molecular flexibility index (Phi) is 7.14. The molecule has 0 bridgehead atoms. The van der Waals surface area contributed by atoms with Gasteiger partial charge in [-0.3, -0.25) is 4.98 Å². The molecule has 3 nitrogen and oxygen atoms in total. The molecule has 0 atom stereocenters. The van der Waals surface area contributed by atoms with E-state index in [9.17, 15) is 0 Å². The minimum atomic E-state index is 0.865. The summed E-state index contributed by atoms with van der Waals surface area (Å²) in [6, 6.07) is 64.3. The lowest BCUT2D eigenvalue weighted by Gasteiger charge is -2.16. The largest absolute Gasteiger partial charge is 0.256 e. The summed E-state index contributed by atoms with van der Waals surface area (Å²) in [6.45, 7) is 0. The van der Waals surface area contributed by atoms with E-state index in [1.807, 2.05) is 54.7 Å². The van der Waals surface area contributed by atoms with Crippen LogP contribution in [0.2, 0.25) is 0 Å². The van der Waals surface area contributed by atoms with E-state index >= 15 is 0 Å². The van der Waals surface area contributed by atoms with E-state index in [-0.39, 0.29) is 0 Å². The summed E-state index contributed by atoms with van der Waals surface area (Å²) >= 11 is 0. The van der Waals surface area contributed by atoms with E-state index in [2.05, 4.69) is 133 Å². The third-order valence-electron chi connectivity index (χ3n) is 10.1. The first-order chi connectivity index (χ1) is 25.8. The summed E-state index contributed by atoms with van der Waals surface area (Å²) in [7, 11) is 0. The average Bonchev–Trinajstić information content (AvgIpc) is 3.23. The van der Waals surface area contributed by atoms with Crippen molar-refractivity contribution < 1.29 is 0 Å². The van der Waals surface area contributed by atoms with E-state index < -0.39 is 0 Å². The number of hydrogen-bond donors (Lipinski definition) is 0. The highest BCUT2D eigenvalue weighted by atomic mass is 14.8. The summed E-state index contributed by atoms with van der Waals surface area (Å²) in [5.74, 6) is 0. The lowest BCUT2D eigenvalue weighted by atomic mass is 9.89. The highest BCUT2D eigenvalue weighted by Crippen LogP contribution is 2.41. The normalized spacial score (nSPS) is 11.5. The standard InChI is InChI=1S/C49H31N3/c1-2-13-32(14-3-1)48-49(52-47-23-9-8-22-46(47)51-48)36-16-12-15-33(29-36)34-24-26-37(44(30-34)45-21-10-11-28-50-45)35-25-27-42-40-19-5-4-17-38(40)39-18-6-7-20-41(39)43(42)31-35/h1-31H. The Hall–Kier alpha value is -6.97. The third kappa shape index (κ3) is 5.10. The van der Waals surface area contributed by atoms with Crippen LogP contribution in [0.4, 0.5) is 0 Å². The number of benzene rings is 8. The number of rotatable bonds is 5. The molecule has 0 saturated carbocycles. The van der Waals surface area contributed by atoms with E-state index in [1.54, 1.807) is 0 Å². The highest BCUT2D eigenvalue weighted by molar-refractivity contribution is 6.25. The van der Waals surface area contributed by atoms with Crippen molar-refractivity contribution in [3.8, 4) is 56.0 Å². The maximum Gasteiger partial charge on any atom is 0.0973 e. The molecular formula is C49H31N3. The van der Waals surface area contributed by atoms with Crippen LogP contribution in [0.15, 0.2) is 188 Å². The molecule has 0 radical (unpaired) electrons. The Morgan fingerprint density at radius 1 is 0.288 bits per heavy atom. The van der Waals surface area contributed by atoms with Crippen LogP contribution in [0.1, 0.15) is 0 Å². The summed E-state index contributed by atoms with van der Waals surface area (Å²) in [5.41, 5.74) is 12.1. The molecule has 0 aliphatic heterocycles. The van der Waals surface area contributed by atoms with Gasteiger partial charge in [-0.05, 0) is 97.0 Å². The molecule has 0 N–H and O–H groups in total. The van der Waals surface area contributed by atoms with Crippen molar-refractivity contribution in [1.29, 1.82) is 0 Å². The van der Waals surface area contributed by atoms with E-state index in [4.69, 9.17) is 15.0 Å². The Labute approximate surface area is 301 Å². The molecule has 0 aliphatic carbocycles. The molecule has 10 rings (SSSR count). The van der Waals surface area contributed by atoms with E-state index in [0.717, 1.165) is 67.1 Å².